The highest BCUT2D eigenvalue weighted by Gasteiger charge is 2.13. The molecular weight excluding hydrogens is 458 g/mol. The van der Waals surface area contributed by atoms with Crippen LogP contribution >= 0.6 is 0 Å². The van der Waals surface area contributed by atoms with Crippen LogP contribution in [0.25, 0.3) is 11.6 Å². The molecule has 5 aromatic rings. The molecule has 0 unspecified atom stereocenters. The van der Waals surface area contributed by atoms with Gasteiger partial charge in [-0.15, -0.1) is 0 Å². The van der Waals surface area contributed by atoms with Gasteiger partial charge in [-0.3, -0.25) is 4.68 Å². The number of benzene rings is 1. The summed E-state index contributed by atoms with van der Waals surface area (Å²) in [6, 6.07) is 20.9. The van der Waals surface area contributed by atoms with E-state index in [9.17, 15) is 5.11 Å². The highest BCUT2D eigenvalue weighted by molar-refractivity contribution is 5.44. The van der Waals surface area contributed by atoms with Gasteiger partial charge >= 0.3 is 0 Å². The van der Waals surface area contributed by atoms with Crippen LogP contribution in [-0.4, -0.2) is 29.0 Å². The fourth-order valence-electron chi connectivity index (χ4n) is 4.70. The molecule has 0 saturated heterocycles. The van der Waals surface area contributed by atoms with E-state index in [2.05, 4.69) is 84.5 Å². The minimum atomic E-state index is 0.0617. The normalized spacial score (nSPS) is 10.9. The third-order valence-electron chi connectivity index (χ3n) is 6.50. The first-order chi connectivity index (χ1) is 17.9. The Morgan fingerprint density at radius 3 is 1.62 bits per heavy atom. The SMILES string of the molecule is CC.Cc1ccc(C)n1-c1cc(Cc2cnn(Cc3ccc(CO)cc3)c2)cc(-n2c(C)ccc2C)n1. The second-order valence-corrected chi connectivity index (χ2v) is 9.29. The minimum absolute atomic E-state index is 0.0617. The molecule has 4 aromatic heterocycles. The molecule has 6 heteroatoms. The number of aliphatic hydroxyl groups is 1. The lowest BCUT2D eigenvalue weighted by molar-refractivity contribution is 0.282. The molecule has 0 spiro atoms. The summed E-state index contributed by atoms with van der Waals surface area (Å²) in [6.45, 7) is 13.2. The van der Waals surface area contributed by atoms with Crippen LogP contribution in [-0.2, 0) is 19.6 Å². The van der Waals surface area contributed by atoms with Gasteiger partial charge in [-0.25, -0.2) is 4.98 Å². The van der Waals surface area contributed by atoms with Crippen molar-refractivity contribution in [1.82, 2.24) is 23.9 Å². The molecule has 0 aliphatic heterocycles. The molecule has 1 aromatic carbocycles. The molecule has 0 aliphatic carbocycles. The standard InChI is InChI=1S/C29H31N5O.C2H6/c1-20-5-6-21(2)33(20)28-14-26(15-29(31-28)34-22(3)7-8-23(34)4)13-27-16-30-32(18-27)17-24-9-11-25(19-35)12-10-24;1-2/h5-12,14-16,18,35H,13,17,19H2,1-4H3;1-2H3. The zero-order valence-corrected chi connectivity index (χ0v) is 22.7. The Morgan fingerprint density at radius 1 is 0.649 bits per heavy atom. The van der Waals surface area contributed by atoms with E-state index in [0.29, 0.717) is 6.54 Å². The van der Waals surface area contributed by atoms with Gasteiger partial charge in [0, 0.05) is 35.4 Å². The predicted molar refractivity (Wildman–Crippen MR) is 150 cm³/mol. The van der Waals surface area contributed by atoms with Gasteiger partial charge in [-0.05, 0) is 86.3 Å². The molecule has 6 nitrogen and oxygen atoms in total. The lowest BCUT2D eigenvalue weighted by Crippen LogP contribution is -2.09. The van der Waals surface area contributed by atoms with Crippen molar-refractivity contribution in [2.24, 2.45) is 0 Å². The van der Waals surface area contributed by atoms with E-state index in [-0.39, 0.29) is 6.61 Å². The smallest absolute Gasteiger partial charge is 0.139 e. The number of aromatic nitrogens is 5. The van der Waals surface area contributed by atoms with Gasteiger partial charge in [-0.1, -0.05) is 38.1 Å². The zero-order chi connectivity index (χ0) is 26.5. The van der Waals surface area contributed by atoms with Crippen molar-refractivity contribution in [2.45, 2.75) is 61.1 Å². The summed E-state index contributed by atoms with van der Waals surface area (Å²) < 4.78 is 6.38. The fraction of sp³-hybridized carbons (Fsp3) is 0.290. The van der Waals surface area contributed by atoms with Crippen molar-refractivity contribution in [3.8, 4) is 11.6 Å². The molecule has 4 heterocycles. The topological polar surface area (TPSA) is 60.8 Å². The van der Waals surface area contributed by atoms with Crippen molar-refractivity contribution in [3.05, 3.63) is 118 Å². The van der Waals surface area contributed by atoms with Crippen molar-refractivity contribution in [2.75, 3.05) is 0 Å². The molecule has 192 valence electrons. The number of aryl methyl sites for hydroxylation is 4. The Labute approximate surface area is 219 Å². The van der Waals surface area contributed by atoms with E-state index in [1.165, 1.54) is 28.3 Å². The van der Waals surface area contributed by atoms with E-state index in [4.69, 9.17) is 4.98 Å². The molecule has 0 saturated carbocycles. The van der Waals surface area contributed by atoms with Crippen LogP contribution in [0.1, 0.15) is 58.9 Å². The van der Waals surface area contributed by atoms with Gasteiger partial charge in [0.25, 0.3) is 0 Å². The summed E-state index contributed by atoms with van der Waals surface area (Å²) in [5.41, 5.74) is 9.08. The van der Waals surface area contributed by atoms with Gasteiger partial charge < -0.3 is 14.2 Å². The minimum Gasteiger partial charge on any atom is -0.392 e. The maximum atomic E-state index is 9.26. The first-order valence-corrected chi connectivity index (χ1v) is 12.9. The molecule has 37 heavy (non-hydrogen) atoms. The lowest BCUT2D eigenvalue weighted by Gasteiger charge is -2.15. The highest BCUT2D eigenvalue weighted by atomic mass is 16.3. The first kappa shape index (κ1) is 26.2. The van der Waals surface area contributed by atoms with Crippen molar-refractivity contribution in [3.63, 3.8) is 0 Å². The number of aliphatic hydroxyl groups excluding tert-OH is 1. The maximum Gasteiger partial charge on any atom is 0.139 e. The molecule has 0 radical (unpaired) electrons. The van der Waals surface area contributed by atoms with E-state index >= 15 is 0 Å². The fourth-order valence-corrected chi connectivity index (χ4v) is 4.70. The number of nitrogens with zero attached hydrogens (tertiary/aromatic N) is 5. The summed E-state index contributed by atoms with van der Waals surface area (Å²) in [7, 11) is 0. The zero-order valence-electron chi connectivity index (χ0n) is 22.7. The average molecular weight is 496 g/mol. The van der Waals surface area contributed by atoms with E-state index in [1.54, 1.807) is 0 Å². The summed E-state index contributed by atoms with van der Waals surface area (Å²) in [4.78, 5) is 5.07. The molecule has 0 bridgehead atoms. The van der Waals surface area contributed by atoms with Crippen LogP contribution in [0.15, 0.2) is 73.1 Å². The lowest BCUT2D eigenvalue weighted by atomic mass is 10.1. The number of hydrogen-bond acceptors (Lipinski definition) is 3. The second-order valence-electron chi connectivity index (χ2n) is 9.29. The Balaban J connectivity index is 0.00000156. The third-order valence-corrected chi connectivity index (χ3v) is 6.50. The molecular formula is C31H37N5O. The van der Waals surface area contributed by atoms with Crippen LogP contribution in [0.5, 0.6) is 0 Å². The van der Waals surface area contributed by atoms with Crippen LogP contribution < -0.4 is 0 Å². The average Bonchev–Trinajstić information content (AvgIpc) is 3.59. The quantitative estimate of drug-likeness (QED) is 0.290. The van der Waals surface area contributed by atoms with Crippen LogP contribution in [0.4, 0.5) is 0 Å². The van der Waals surface area contributed by atoms with Crippen LogP contribution in [0, 0.1) is 27.7 Å². The van der Waals surface area contributed by atoms with E-state index < -0.39 is 0 Å². The monoisotopic (exact) mass is 495 g/mol. The number of rotatable bonds is 7. The molecule has 1 N–H and O–H groups in total. The summed E-state index contributed by atoms with van der Waals surface area (Å²) in [5, 5.41) is 13.8. The maximum absolute atomic E-state index is 9.26. The molecule has 0 amide bonds. The molecule has 0 fully saturated rings. The predicted octanol–water partition coefficient (Wildman–Crippen LogP) is 6.25. The van der Waals surface area contributed by atoms with Gasteiger partial charge in [-0.2, -0.15) is 5.10 Å². The molecule has 5 rings (SSSR count). The van der Waals surface area contributed by atoms with Crippen molar-refractivity contribution in [1.29, 1.82) is 0 Å². The summed E-state index contributed by atoms with van der Waals surface area (Å²) in [6.07, 6.45) is 4.82. The Kier molecular flexibility index (Phi) is 8.09. The van der Waals surface area contributed by atoms with Crippen molar-refractivity contribution >= 4 is 0 Å². The van der Waals surface area contributed by atoms with E-state index in [1.807, 2.05) is 49.0 Å². The summed E-state index contributed by atoms with van der Waals surface area (Å²) >= 11 is 0. The van der Waals surface area contributed by atoms with E-state index in [0.717, 1.165) is 34.7 Å². The molecule has 0 atom stereocenters. The Hall–Kier alpha value is -3.90. The van der Waals surface area contributed by atoms with Crippen molar-refractivity contribution < 1.29 is 5.11 Å². The second kappa shape index (κ2) is 11.4. The van der Waals surface area contributed by atoms with Gasteiger partial charge in [0.2, 0.25) is 0 Å². The first-order valence-electron chi connectivity index (χ1n) is 12.9. The van der Waals surface area contributed by atoms with Crippen LogP contribution in [0.3, 0.4) is 0 Å². The van der Waals surface area contributed by atoms with Gasteiger partial charge in [0.05, 0.1) is 19.3 Å². The van der Waals surface area contributed by atoms with Crippen LogP contribution in [0.2, 0.25) is 0 Å². The van der Waals surface area contributed by atoms with Gasteiger partial charge in [0.15, 0.2) is 0 Å². The molecule has 0 aliphatic rings. The largest absolute Gasteiger partial charge is 0.392 e. The highest BCUT2D eigenvalue weighted by Crippen LogP contribution is 2.23. The summed E-state index contributed by atoms with van der Waals surface area (Å²) in [5.74, 6) is 1.86. The van der Waals surface area contributed by atoms with Gasteiger partial charge in [0.1, 0.15) is 11.6 Å². The number of hydrogen-bond donors (Lipinski definition) is 1. The Morgan fingerprint density at radius 2 is 1.14 bits per heavy atom. The third kappa shape index (κ3) is 5.75. The number of pyridine rings is 1. The Bertz CT molecular complexity index is 1370.